The zero-order chi connectivity index (χ0) is 18.1. The Kier molecular flexibility index (Phi) is 4.81. The number of para-hydroxylation sites is 1. The van der Waals surface area contributed by atoms with Gasteiger partial charge >= 0.3 is 0 Å². The summed E-state index contributed by atoms with van der Waals surface area (Å²) in [6.07, 6.45) is 0. The molecule has 0 atom stereocenters. The summed E-state index contributed by atoms with van der Waals surface area (Å²) in [5.41, 5.74) is 3.19. The molecule has 3 aromatic carbocycles. The Labute approximate surface area is 168 Å². The summed E-state index contributed by atoms with van der Waals surface area (Å²) >= 11 is 11.5. The van der Waals surface area contributed by atoms with Gasteiger partial charge in [0.05, 0.1) is 10.7 Å². The van der Waals surface area contributed by atoms with E-state index in [0.717, 1.165) is 21.0 Å². The predicted octanol–water partition coefficient (Wildman–Crippen LogP) is 7.24. The van der Waals surface area contributed by atoms with Crippen molar-refractivity contribution in [3.05, 3.63) is 87.2 Å². The zero-order valence-corrected chi connectivity index (χ0v) is 16.7. The van der Waals surface area contributed by atoms with Gasteiger partial charge in [0.2, 0.25) is 0 Å². The van der Waals surface area contributed by atoms with E-state index in [2.05, 4.69) is 38.8 Å². The summed E-state index contributed by atoms with van der Waals surface area (Å²) in [5, 5.41) is 6.76. The molecule has 0 radical (unpaired) electrons. The molecule has 2 nitrogen and oxygen atoms in total. The van der Waals surface area contributed by atoms with Gasteiger partial charge in [-0.3, -0.25) is 4.79 Å². The number of thiophene rings is 1. The number of amides is 1. The van der Waals surface area contributed by atoms with Gasteiger partial charge in [0.15, 0.2) is 0 Å². The first-order valence-electron chi connectivity index (χ1n) is 7.95. The van der Waals surface area contributed by atoms with Gasteiger partial charge in [-0.15, -0.1) is 11.3 Å². The van der Waals surface area contributed by atoms with Crippen molar-refractivity contribution < 1.29 is 4.79 Å². The van der Waals surface area contributed by atoms with Crippen molar-refractivity contribution in [3.8, 4) is 11.1 Å². The topological polar surface area (TPSA) is 29.1 Å². The minimum Gasteiger partial charge on any atom is -0.320 e. The molecule has 1 N–H and O–H groups in total. The molecule has 128 valence electrons. The first-order chi connectivity index (χ1) is 12.6. The maximum absolute atomic E-state index is 12.7. The predicted molar refractivity (Wildman–Crippen MR) is 114 cm³/mol. The smallest absolute Gasteiger partial charge is 0.255 e. The normalized spacial score (nSPS) is 10.8. The number of rotatable bonds is 3. The van der Waals surface area contributed by atoms with E-state index in [1.165, 1.54) is 4.70 Å². The first kappa shape index (κ1) is 17.3. The molecule has 0 bridgehead atoms. The number of anilines is 1. The van der Waals surface area contributed by atoms with Crippen molar-refractivity contribution in [3.63, 3.8) is 0 Å². The summed E-state index contributed by atoms with van der Waals surface area (Å²) in [5.74, 6) is -0.189. The van der Waals surface area contributed by atoms with Gasteiger partial charge in [0.25, 0.3) is 5.91 Å². The minimum absolute atomic E-state index is 0.189. The van der Waals surface area contributed by atoms with E-state index in [4.69, 9.17) is 11.6 Å². The van der Waals surface area contributed by atoms with Crippen LogP contribution in [0, 0.1) is 0 Å². The molecule has 4 rings (SSSR count). The SMILES string of the molecule is O=C(Nc1c(Cl)cccc1-c1csc2ccccc12)c1ccc(Br)cc1. The molecule has 1 aromatic heterocycles. The maximum Gasteiger partial charge on any atom is 0.255 e. The highest BCUT2D eigenvalue weighted by atomic mass is 79.9. The van der Waals surface area contributed by atoms with Crippen molar-refractivity contribution in [2.45, 2.75) is 0 Å². The van der Waals surface area contributed by atoms with E-state index in [-0.39, 0.29) is 5.91 Å². The lowest BCUT2D eigenvalue weighted by molar-refractivity contribution is 0.102. The molecule has 0 saturated heterocycles. The number of nitrogens with one attached hydrogen (secondary N) is 1. The van der Waals surface area contributed by atoms with Crippen LogP contribution in [0.2, 0.25) is 5.02 Å². The molecule has 5 heteroatoms. The number of halogens is 2. The summed E-state index contributed by atoms with van der Waals surface area (Å²) in [6, 6.07) is 21.1. The zero-order valence-electron chi connectivity index (χ0n) is 13.5. The van der Waals surface area contributed by atoms with Gasteiger partial charge in [-0.2, -0.15) is 0 Å². The lowest BCUT2D eigenvalue weighted by atomic mass is 10.0. The quantitative estimate of drug-likeness (QED) is 0.356. The Morgan fingerprint density at radius 1 is 0.923 bits per heavy atom. The lowest BCUT2D eigenvalue weighted by Gasteiger charge is -2.13. The van der Waals surface area contributed by atoms with E-state index in [1.54, 1.807) is 29.5 Å². The lowest BCUT2D eigenvalue weighted by Crippen LogP contribution is -2.12. The molecule has 0 aliphatic rings. The van der Waals surface area contributed by atoms with Crippen LogP contribution in [0.1, 0.15) is 10.4 Å². The third-order valence-corrected chi connectivity index (χ3v) is 5.94. The van der Waals surface area contributed by atoms with Gasteiger partial charge in [0, 0.05) is 31.2 Å². The molecule has 1 amide bonds. The number of hydrogen-bond acceptors (Lipinski definition) is 2. The Balaban J connectivity index is 1.77. The summed E-state index contributed by atoms with van der Waals surface area (Å²) in [7, 11) is 0. The van der Waals surface area contributed by atoms with Crippen molar-refractivity contribution >= 4 is 60.5 Å². The van der Waals surface area contributed by atoms with Gasteiger partial charge in [-0.1, -0.05) is 57.9 Å². The van der Waals surface area contributed by atoms with E-state index < -0.39 is 0 Å². The van der Waals surface area contributed by atoms with Crippen molar-refractivity contribution in [2.24, 2.45) is 0 Å². The standard InChI is InChI=1S/C21H13BrClNOS/c22-14-10-8-13(9-11-14)21(25)24-20-16(5-3-6-18(20)23)17-12-26-19-7-2-1-4-15(17)19/h1-12H,(H,24,25). The van der Waals surface area contributed by atoms with E-state index in [1.807, 2.05) is 36.4 Å². The number of carbonyl (C=O) groups is 1. The fourth-order valence-electron chi connectivity index (χ4n) is 2.85. The third kappa shape index (κ3) is 3.28. The Hall–Kier alpha value is -2.14. The van der Waals surface area contributed by atoms with Crippen LogP contribution in [0.3, 0.4) is 0 Å². The van der Waals surface area contributed by atoms with Gasteiger partial charge in [0.1, 0.15) is 0 Å². The first-order valence-corrected chi connectivity index (χ1v) is 10.0. The van der Waals surface area contributed by atoms with Crippen LogP contribution in [-0.2, 0) is 0 Å². The van der Waals surface area contributed by atoms with Crippen LogP contribution >= 0.6 is 38.9 Å². The van der Waals surface area contributed by atoms with Crippen molar-refractivity contribution in [1.29, 1.82) is 0 Å². The largest absolute Gasteiger partial charge is 0.320 e. The summed E-state index contributed by atoms with van der Waals surface area (Å²) in [4.78, 5) is 12.7. The van der Waals surface area contributed by atoms with Gasteiger partial charge in [-0.25, -0.2) is 0 Å². The minimum atomic E-state index is -0.189. The summed E-state index contributed by atoms with van der Waals surface area (Å²) < 4.78 is 2.13. The highest BCUT2D eigenvalue weighted by Crippen LogP contribution is 2.40. The van der Waals surface area contributed by atoms with Gasteiger partial charge in [-0.05, 0) is 41.8 Å². The van der Waals surface area contributed by atoms with Crippen LogP contribution in [-0.4, -0.2) is 5.91 Å². The molecule has 0 aliphatic heterocycles. The van der Waals surface area contributed by atoms with E-state index >= 15 is 0 Å². The second kappa shape index (κ2) is 7.23. The van der Waals surface area contributed by atoms with Crippen LogP contribution in [0.25, 0.3) is 21.2 Å². The second-order valence-corrected chi connectivity index (χ2v) is 8.00. The fourth-order valence-corrected chi connectivity index (χ4v) is 4.30. The molecule has 4 aromatic rings. The Morgan fingerprint density at radius 2 is 1.69 bits per heavy atom. The molecule has 0 fully saturated rings. The Morgan fingerprint density at radius 3 is 2.50 bits per heavy atom. The third-order valence-electron chi connectivity index (χ3n) is 4.13. The number of carbonyl (C=O) groups excluding carboxylic acids is 1. The molecule has 1 heterocycles. The van der Waals surface area contributed by atoms with Crippen LogP contribution < -0.4 is 5.32 Å². The molecule has 26 heavy (non-hydrogen) atoms. The number of hydrogen-bond donors (Lipinski definition) is 1. The molecule has 0 saturated carbocycles. The Bertz CT molecular complexity index is 1100. The molecular formula is C21H13BrClNOS. The van der Waals surface area contributed by atoms with Gasteiger partial charge < -0.3 is 5.32 Å². The van der Waals surface area contributed by atoms with Crippen molar-refractivity contribution in [2.75, 3.05) is 5.32 Å². The van der Waals surface area contributed by atoms with Crippen LogP contribution in [0.4, 0.5) is 5.69 Å². The van der Waals surface area contributed by atoms with Crippen LogP contribution in [0.5, 0.6) is 0 Å². The highest BCUT2D eigenvalue weighted by molar-refractivity contribution is 9.10. The average Bonchev–Trinajstić information content (AvgIpc) is 3.08. The monoisotopic (exact) mass is 441 g/mol. The number of benzene rings is 3. The maximum atomic E-state index is 12.7. The van der Waals surface area contributed by atoms with E-state index in [0.29, 0.717) is 16.3 Å². The van der Waals surface area contributed by atoms with Crippen LogP contribution in [0.15, 0.2) is 76.6 Å². The summed E-state index contributed by atoms with van der Waals surface area (Å²) in [6.45, 7) is 0. The second-order valence-electron chi connectivity index (χ2n) is 5.77. The van der Waals surface area contributed by atoms with E-state index in [9.17, 15) is 4.79 Å². The molecule has 0 spiro atoms. The number of fused-ring (bicyclic) bond motifs is 1. The average molecular weight is 443 g/mol. The molecule has 0 aliphatic carbocycles. The fraction of sp³-hybridized carbons (Fsp3) is 0. The molecule has 0 unspecified atom stereocenters. The van der Waals surface area contributed by atoms with Crippen molar-refractivity contribution in [1.82, 2.24) is 0 Å². The molecular weight excluding hydrogens is 430 g/mol. The highest BCUT2D eigenvalue weighted by Gasteiger charge is 2.16.